The fraction of sp³-hybridized carbons (Fsp3) is 0.357. The molecule has 2 rings (SSSR count). The number of fused-ring (bicyclic) bond motifs is 1. The Morgan fingerprint density at radius 1 is 1.35 bits per heavy atom. The van der Waals surface area contributed by atoms with Crippen LogP contribution in [0.25, 0.3) is 6.08 Å². The minimum absolute atomic E-state index is 0.100. The van der Waals surface area contributed by atoms with Gasteiger partial charge in [-0.15, -0.1) is 0 Å². The zero-order valence-electron chi connectivity index (χ0n) is 10.00. The molecule has 0 saturated carbocycles. The Morgan fingerprint density at radius 2 is 2.12 bits per heavy atom. The number of aryl methyl sites for hydroxylation is 1. The maximum absolute atomic E-state index is 11.5. The molecule has 17 heavy (non-hydrogen) atoms. The van der Waals surface area contributed by atoms with Gasteiger partial charge >= 0.3 is 5.97 Å². The van der Waals surface area contributed by atoms with Crippen molar-refractivity contribution in [3.63, 3.8) is 0 Å². The Hall–Kier alpha value is -1.28. The summed E-state index contributed by atoms with van der Waals surface area (Å²) in [6.45, 7) is 3.66. The lowest BCUT2D eigenvalue weighted by Crippen LogP contribution is -2.13. The van der Waals surface area contributed by atoms with Gasteiger partial charge in [0.25, 0.3) is 0 Å². The van der Waals surface area contributed by atoms with Crippen LogP contribution in [0.2, 0.25) is 5.02 Å². The standard InChI is InChI=1S/C14H15ClO2/c1-9(2)14(16)17-13-6-4-10-3-5-12(15)7-11(10)8-13/h3,5,7-9H,4,6H2,1-2H3. The van der Waals surface area contributed by atoms with Crippen LogP contribution in [0.5, 0.6) is 0 Å². The van der Waals surface area contributed by atoms with Gasteiger partial charge in [0.15, 0.2) is 0 Å². The average Bonchev–Trinajstić information content (AvgIpc) is 2.28. The molecule has 0 fully saturated rings. The lowest BCUT2D eigenvalue weighted by molar-refractivity contribution is -0.143. The van der Waals surface area contributed by atoms with E-state index in [1.807, 2.05) is 38.1 Å². The van der Waals surface area contributed by atoms with Crippen LogP contribution in [0, 0.1) is 5.92 Å². The summed E-state index contributed by atoms with van der Waals surface area (Å²) in [6.07, 6.45) is 3.57. The third-order valence-electron chi connectivity index (χ3n) is 2.77. The number of carbonyl (C=O) groups is 1. The van der Waals surface area contributed by atoms with Gasteiger partial charge in [-0.2, -0.15) is 0 Å². The van der Waals surface area contributed by atoms with Gasteiger partial charge < -0.3 is 4.74 Å². The van der Waals surface area contributed by atoms with Gasteiger partial charge in [-0.25, -0.2) is 0 Å². The van der Waals surface area contributed by atoms with Crippen molar-refractivity contribution < 1.29 is 9.53 Å². The van der Waals surface area contributed by atoms with Gasteiger partial charge in [0.1, 0.15) is 5.76 Å². The molecule has 0 spiro atoms. The van der Waals surface area contributed by atoms with Crippen molar-refractivity contribution in [2.24, 2.45) is 5.92 Å². The minimum Gasteiger partial charge on any atom is -0.431 e. The highest BCUT2D eigenvalue weighted by Gasteiger charge is 2.16. The molecule has 0 unspecified atom stereocenters. The van der Waals surface area contributed by atoms with E-state index < -0.39 is 0 Å². The van der Waals surface area contributed by atoms with E-state index in [1.165, 1.54) is 5.56 Å². The molecule has 0 saturated heterocycles. The lowest BCUT2D eigenvalue weighted by Gasteiger charge is -2.17. The monoisotopic (exact) mass is 250 g/mol. The summed E-state index contributed by atoms with van der Waals surface area (Å²) in [7, 11) is 0. The second-order valence-electron chi connectivity index (χ2n) is 4.53. The van der Waals surface area contributed by atoms with Crippen LogP contribution < -0.4 is 0 Å². The molecule has 0 amide bonds. The van der Waals surface area contributed by atoms with E-state index in [0.29, 0.717) is 5.02 Å². The van der Waals surface area contributed by atoms with Crippen LogP contribution in [0.3, 0.4) is 0 Å². The maximum Gasteiger partial charge on any atom is 0.313 e. The largest absolute Gasteiger partial charge is 0.431 e. The number of carbonyl (C=O) groups excluding carboxylic acids is 1. The number of hydrogen-bond acceptors (Lipinski definition) is 2. The van der Waals surface area contributed by atoms with E-state index in [1.54, 1.807) is 0 Å². The van der Waals surface area contributed by atoms with Crippen LogP contribution in [0.15, 0.2) is 24.0 Å². The predicted octanol–water partition coefficient (Wildman–Crippen LogP) is 3.83. The van der Waals surface area contributed by atoms with Crippen LogP contribution in [0.1, 0.15) is 31.4 Å². The normalized spacial score (nSPS) is 14.2. The van der Waals surface area contributed by atoms with E-state index in [4.69, 9.17) is 16.3 Å². The first kappa shape index (κ1) is 12.2. The summed E-state index contributed by atoms with van der Waals surface area (Å²) < 4.78 is 5.33. The molecule has 3 heteroatoms. The predicted molar refractivity (Wildman–Crippen MR) is 68.7 cm³/mol. The van der Waals surface area contributed by atoms with E-state index in [0.717, 1.165) is 24.2 Å². The molecule has 90 valence electrons. The van der Waals surface area contributed by atoms with Crippen molar-refractivity contribution in [3.05, 3.63) is 40.1 Å². The third kappa shape index (κ3) is 2.89. The summed E-state index contributed by atoms with van der Waals surface area (Å²) in [5.74, 6) is 0.455. The van der Waals surface area contributed by atoms with Crippen molar-refractivity contribution in [1.82, 2.24) is 0 Å². The molecule has 1 aromatic rings. The van der Waals surface area contributed by atoms with Crippen LogP contribution >= 0.6 is 11.6 Å². The zero-order valence-corrected chi connectivity index (χ0v) is 10.8. The fourth-order valence-corrected chi connectivity index (χ4v) is 1.94. The van der Waals surface area contributed by atoms with Gasteiger partial charge in [0, 0.05) is 11.4 Å². The molecule has 0 N–H and O–H groups in total. The summed E-state index contributed by atoms with van der Waals surface area (Å²) >= 11 is 5.94. The molecule has 0 heterocycles. The quantitative estimate of drug-likeness (QED) is 0.746. The second kappa shape index (κ2) is 4.92. The van der Waals surface area contributed by atoms with Gasteiger partial charge in [-0.3, -0.25) is 4.79 Å². The summed E-state index contributed by atoms with van der Waals surface area (Å²) in [5.41, 5.74) is 2.30. The molecule has 0 bridgehead atoms. The molecule has 1 aromatic carbocycles. The average molecular weight is 251 g/mol. The molecule has 1 aliphatic carbocycles. The van der Waals surface area contributed by atoms with E-state index in [2.05, 4.69) is 0 Å². The minimum atomic E-state index is -0.179. The maximum atomic E-state index is 11.5. The Balaban J connectivity index is 2.20. The van der Waals surface area contributed by atoms with Crippen LogP contribution in [-0.4, -0.2) is 5.97 Å². The molecule has 0 aromatic heterocycles. The second-order valence-corrected chi connectivity index (χ2v) is 4.97. The van der Waals surface area contributed by atoms with E-state index >= 15 is 0 Å². The highest BCUT2D eigenvalue weighted by molar-refractivity contribution is 6.30. The molecule has 0 radical (unpaired) electrons. The molecule has 0 aliphatic heterocycles. The van der Waals surface area contributed by atoms with Gasteiger partial charge in [0.05, 0.1) is 5.92 Å². The highest BCUT2D eigenvalue weighted by atomic mass is 35.5. The summed E-state index contributed by atoms with van der Waals surface area (Å²) in [5, 5.41) is 0.705. The topological polar surface area (TPSA) is 26.3 Å². The van der Waals surface area contributed by atoms with Gasteiger partial charge in [-0.05, 0) is 35.8 Å². The van der Waals surface area contributed by atoms with Gasteiger partial charge in [-0.1, -0.05) is 31.5 Å². The smallest absolute Gasteiger partial charge is 0.313 e. The Morgan fingerprint density at radius 3 is 2.82 bits per heavy atom. The van der Waals surface area contributed by atoms with Crippen molar-refractivity contribution in [2.75, 3.05) is 0 Å². The number of benzene rings is 1. The number of rotatable bonds is 2. The highest BCUT2D eigenvalue weighted by Crippen LogP contribution is 2.27. The Kier molecular flexibility index (Phi) is 3.53. The Bertz CT molecular complexity index is 475. The van der Waals surface area contributed by atoms with Crippen LogP contribution in [0.4, 0.5) is 0 Å². The summed E-state index contributed by atoms with van der Waals surface area (Å²) in [4.78, 5) is 11.5. The van der Waals surface area contributed by atoms with Crippen molar-refractivity contribution in [3.8, 4) is 0 Å². The SMILES string of the molecule is CC(C)C(=O)OC1=Cc2cc(Cl)ccc2CC1. The van der Waals surface area contributed by atoms with E-state index in [9.17, 15) is 4.79 Å². The fourth-order valence-electron chi connectivity index (χ4n) is 1.76. The first-order valence-electron chi connectivity index (χ1n) is 5.77. The number of esters is 1. The molecule has 1 aliphatic rings. The van der Waals surface area contributed by atoms with Crippen LogP contribution in [-0.2, 0) is 16.0 Å². The zero-order chi connectivity index (χ0) is 12.4. The number of allylic oxidation sites excluding steroid dienone is 1. The summed E-state index contributed by atoms with van der Waals surface area (Å²) in [6, 6.07) is 5.81. The van der Waals surface area contributed by atoms with Crippen molar-refractivity contribution >= 4 is 23.6 Å². The molecule has 0 atom stereocenters. The number of hydrogen-bond donors (Lipinski definition) is 0. The van der Waals surface area contributed by atoms with E-state index in [-0.39, 0.29) is 11.9 Å². The Labute approximate surface area is 106 Å². The number of halogens is 1. The van der Waals surface area contributed by atoms with Gasteiger partial charge in [0.2, 0.25) is 0 Å². The molecular weight excluding hydrogens is 236 g/mol. The molecule has 2 nitrogen and oxygen atoms in total. The number of ether oxygens (including phenoxy) is 1. The molecular formula is C14H15ClO2. The lowest BCUT2D eigenvalue weighted by atomic mass is 9.96. The first-order valence-corrected chi connectivity index (χ1v) is 6.15. The third-order valence-corrected chi connectivity index (χ3v) is 3.00. The first-order chi connectivity index (χ1) is 8.06. The van der Waals surface area contributed by atoms with Crippen molar-refractivity contribution in [2.45, 2.75) is 26.7 Å². The van der Waals surface area contributed by atoms with Crippen molar-refractivity contribution in [1.29, 1.82) is 0 Å².